The Labute approximate surface area is 206 Å². The second kappa shape index (κ2) is 9.79. The van der Waals surface area contributed by atoms with Crippen molar-refractivity contribution in [3.8, 4) is 5.75 Å². The molecule has 0 aliphatic rings. The molecule has 0 bridgehead atoms. The Morgan fingerprint density at radius 2 is 1.46 bits per heavy atom. The predicted molar refractivity (Wildman–Crippen MR) is 139 cm³/mol. The molecule has 0 saturated carbocycles. The van der Waals surface area contributed by atoms with Crippen LogP contribution in [-0.2, 0) is 0 Å². The number of ether oxygens (including phenoxy) is 1. The molecule has 5 nitrogen and oxygen atoms in total. The lowest BCUT2D eigenvalue weighted by Crippen LogP contribution is -2.17. The van der Waals surface area contributed by atoms with Gasteiger partial charge in [0.15, 0.2) is 0 Å². The van der Waals surface area contributed by atoms with E-state index in [1.54, 1.807) is 36.4 Å². The zero-order chi connectivity index (χ0) is 24.2. The van der Waals surface area contributed by atoms with Crippen molar-refractivity contribution < 1.29 is 14.3 Å². The van der Waals surface area contributed by atoms with Crippen molar-refractivity contribution in [2.75, 3.05) is 0 Å². The van der Waals surface area contributed by atoms with Gasteiger partial charge in [0.2, 0.25) is 0 Å². The van der Waals surface area contributed by atoms with Gasteiger partial charge in [0.1, 0.15) is 5.75 Å². The highest BCUT2D eigenvalue weighted by Crippen LogP contribution is 2.28. The van der Waals surface area contributed by atoms with E-state index in [1.165, 1.54) is 6.21 Å². The minimum atomic E-state index is -0.477. The van der Waals surface area contributed by atoms with E-state index in [1.807, 2.05) is 66.7 Å². The number of benzene rings is 5. The van der Waals surface area contributed by atoms with Crippen LogP contribution >= 0.6 is 11.6 Å². The molecule has 5 aromatic carbocycles. The molecule has 0 radical (unpaired) electrons. The van der Waals surface area contributed by atoms with E-state index in [0.717, 1.165) is 21.5 Å². The lowest BCUT2D eigenvalue weighted by atomic mass is 10.0. The number of carbonyl (C=O) groups is 2. The van der Waals surface area contributed by atoms with E-state index in [0.29, 0.717) is 27.5 Å². The molecule has 1 N–H and O–H groups in total. The molecule has 0 heterocycles. The van der Waals surface area contributed by atoms with Crippen molar-refractivity contribution in [2.24, 2.45) is 5.10 Å². The van der Waals surface area contributed by atoms with E-state index in [2.05, 4.69) is 10.5 Å². The van der Waals surface area contributed by atoms with Crippen LogP contribution in [0.4, 0.5) is 0 Å². The molecule has 5 rings (SSSR count). The van der Waals surface area contributed by atoms with Crippen molar-refractivity contribution in [1.82, 2.24) is 5.43 Å². The Balaban J connectivity index is 1.47. The highest BCUT2D eigenvalue weighted by atomic mass is 35.5. The fraction of sp³-hybridized carbons (Fsp3) is 0. The SMILES string of the molecule is O=C(N/N=C\c1c(OC(=O)c2cccc3ccccc23)ccc2ccccc12)c1cccc(Cl)c1. The first-order valence-electron chi connectivity index (χ1n) is 10.9. The first kappa shape index (κ1) is 22.3. The Morgan fingerprint density at radius 1 is 0.771 bits per heavy atom. The van der Waals surface area contributed by atoms with Gasteiger partial charge in [0.05, 0.1) is 11.8 Å². The third-order valence-electron chi connectivity index (χ3n) is 5.59. The minimum absolute atomic E-state index is 0.336. The van der Waals surface area contributed by atoms with Gasteiger partial charge in [-0.15, -0.1) is 0 Å². The lowest BCUT2D eigenvalue weighted by Gasteiger charge is -2.12. The summed E-state index contributed by atoms with van der Waals surface area (Å²) in [6.45, 7) is 0. The number of nitrogens with one attached hydrogen (secondary N) is 1. The van der Waals surface area contributed by atoms with Crippen LogP contribution in [0.15, 0.2) is 108 Å². The molecular formula is C29H19ClN2O3. The third-order valence-corrected chi connectivity index (χ3v) is 5.82. The Morgan fingerprint density at radius 3 is 2.26 bits per heavy atom. The fourth-order valence-electron chi connectivity index (χ4n) is 3.91. The van der Waals surface area contributed by atoms with Gasteiger partial charge in [0.25, 0.3) is 5.91 Å². The van der Waals surface area contributed by atoms with Crippen molar-refractivity contribution in [3.63, 3.8) is 0 Å². The van der Waals surface area contributed by atoms with E-state index < -0.39 is 11.9 Å². The number of nitrogens with zero attached hydrogens (tertiary/aromatic N) is 1. The Hall–Kier alpha value is -4.48. The zero-order valence-corrected chi connectivity index (χ0v) is 19.2. The van der Waals surface area contributed by atoms with Crippen molar-refractivity contribution in [2.45, 2.75) is 0 Å². The van der Waals surface area contributed by atoms with Crippen LogP contribution in [0.25, 0.3) is 21.5 Å². The topological polar surface area (TPSA) is 67.8 Å². The normalized spacial score (nSPS) is 11.1. The third kappa shape index (κ3) is 4.76. The molecule has 0 aliphatic heterocycles. The summed E-state index contributed by atoms with van der Waals surface area (Å²) in [5, 5.41) is 8.12. The number of hydrazone groups is 1. The Kier molecular flexibility index (Phi) is 6.24. The highest BCUT2D eigenvalue weighted by molar-refractivity contribution is 6.31. The van der Waals surface area contributed by atoms with E-state index >= 15 is 0 Å². The summed E-state index contributed by atoms with van der Waals surface area (Å²) in [7, 11) is 0. The zero-order valence-electron chi connectivity index (χ0n) is 18.4. The monoisotopic (exact) mass is 478 g/mol. The number of hydrogen-bond acceptors (Lipinski definition) is 4. The molecule has 170 valence electrons. The highest BCUT2D eigenvalue weighted by Gasteiger charge is 2.16. The molecule has 0 unspecified atom stereocenters. The molecule has 5 aromatic rings. The molecule has 35 heavy (non-hydrogen) atoms. The summed E-state index contributed by atoms with van der Waals surface area (Å²) >= 11 is 5.97. The second-order valence-electron chi connectivity index (χ2n) is 7.82. The number of halogens is 1. The standard InChI is InChI=1S/C29H19ClN2O3/c30-22-11-5-10-21(17-22)28(33)32-31-18-26-24-13-4-2-8-20(24)15-16-27(26)35-29(34)25-14-6-9-19-7-1-3-12-23(19)25/h1-18H,(H,32,33)/b31-18-. The number of amides is 1. The average Bonchev–Trinajstić information content (AvgIpc) is 2.89. The van der Waals surface area contributed by atoms with Crippen LogP contribution < -0.4 is 10.2 Å². The molecule has 0 atom stereocenters. The summed E-state index contributed by atoms with van der Waals surface area (Å²) < 4.78 is 5.85. The summed E-state index contributed by atoms with van der Waals surface area (Å²) in [4.78, 5) is 25.6. The average molecular weight is 479 g/mol. The van der Waals surface area contributed by atoms with E-state index in [9.17, 15) is 9.59 Å². The number of fused-ring (bicyclic) bond motifs is 2. The number of hydrogen-bond donors (Lipinski definition) is 1. The Bertz CT molecular complexity index is 1610. The summed E-state index contributed by atoms with van der Waals surface area (Å²) in [5.41, 5.74) is 3.93. The van der Waals surface area contributed by atoms with Crippen molar-refractivity contribution >= 4 is 51.2 Å². The van der Waals surface area contributed by atoms with Crippen molar-refractivity contribution in [1.29, 1.82) is 0 Å². The van der Waals surface area contributed by atoms with Gasteiger partial charge in [-0.2, -0.15) is 5.10 Å². The van der Waals surface area contributed by atoms with Crippen LogP contribution in [0, 0.1) is 0 Å². The maximum Gasteiger partial charge on any atom is 0.344 e. The molecule has 6 heteroatoms. The largest absolute Gasteiger partial charge is 0.422 e. The van der Waals surface area contributed by atoms with Crippen LogP contribution in [0.3, 0.4) is 0 Å². The van der Waals surface area contributed by atoms with Gasteiger partial charge in [-0.1, -0.05) is 84.4 Å². The van der Waals surface area contributed by atoms with Gasteiger partial charge in [-0.3, -0.25) is 4.79 Å². The van der Waals surface area contributed by atoms with Gasteiger partial charge in [0, 0.05) is 16.1 Å². The lowest BCUT2D eigenvalue weighted by molar-refractivity contribution is 0.0736. The fourth-order valence-corrected chi connectivity index (χ4v) is 4.10. The molecular weight excluding hydrogens is 460 g/mol. The number of carbonyl (C=O) groups excluding carboxylic acids is 2. The second-order valence-corrected chi connectivity index (χ2v) is 8.26. The summed E-state index contributed by atoms with van der Waals surface area (Å²) in [6, 6.07) is 31.0. The number of esters is 1. The molecule has 0 spiro atoms. The van der Waals surface area contributed by atoms with Crippen LogP contribution in [0.2, 0.25) is 5.02 Å². The summed E-state index contributed by atoms with van der Waals surface area (Å²) in [6.07, 6.45) is 1.48. The molecule has 0 aromatic heterocycles. The maximum atomic E-state index is 13.2. The van der Waals surface area contributed by atoms with E-state index in [4.69, 9.17) is 16.3 Å². The van der Waals surface area contributed by atoms with Gasteiger partial charge >= 0.3 is 5.97 Å². The predicted octanol–water partition coefficient (Wildman–Crippen LogP) is 6.63. The van der Waals surface area contributed by atoms with Gasteiger partial charge in [-0.05, 0) is 51.9 Å². The molecule has 1 amide bonds. The van der Waals surface area contributed by atoms with Gasteiger partial charge < -0.3 is 4.74 Å². The maximum absolute atomic E-state index is 13.2. The summed E-state index contributed by atoms with van der Waals surface area (Å²) in [5.74, 6) is -0.546. The molecule has 0 fully saturated rings. The van der Waals surface area contributed by atoms with Crippen molar-refractivity contribution in [3.05, 3.63) is 125 Å². The molecule has 0 aliphatic carbocycles. The van der Waals surface area contributed by atoms with Crippen LogP contribution in [0.1, 0.15) is 26.3 Å². The van der Waals surface area contributed by atoms with Crippen LogP contribution in [-0.4, -0.2) is 18.1 Å². The quantitative estimate of drug-likeness (QED) is 0.133. The smallest absolute Gasteiger partial charge is 0.344 e. The van der Waals surface area contributed by atoms with Crippen LogP contribution in [0.5, 0.6) is 5.75 Å². The number of rotatable bonds is 5. The first-order valence-corrected chi connectivity index (χ1v) is 11.3. The molecule has 0 saturated heterocycles. The minimum Gasteiger partial charge on any atom is -0.422 e. The van der Waals surface area contributed by atoms with E-state index in [-0.39, 0.29) is 0 Å². The van der Waals surface area contributed by atoms with Gasteiger partial charge in [-0.25, -0.2) is 10.2 Å². The first-order chi connectivity index (χ1) is 17.1.